The van der Waals surface area contributed by atoms with Gasteiger partial charge in [-0.15, -0.1) is 0 Å². The van der Waals surface area contributed by atoms with Crippen LogP contribution in [-0.4, -0.2) is 12.1 Å². The van der Waals surface area contributed by atoms with Gasteiger partial charge in [-0.2, -0.15) is 13.2 Å². The van der Waals surface area contributed by atoms with Gasteiger partial charge in [-0.05, 0) is 40.5 Å². The maximum atomic E-state index is 13.1. The Kier molecular flexibility index (Phi) is 4.13. The molecule has 0 saturated carbocycles. The van der Waals surface area contributed by atoms with E-state index in [1.807, 2.05) is 5.32 Å². The molecule has 1 aromatic carbocycles. The van der Waals surface area contributed by atoms with Crippen LogP contribution in [0.5, 0.6) is 0 Å². The van der Waals surface area contributed by atoms with Crippen LogP contribution in [0, 0.1) is 12.7 Å². The number of amides is 1. The van der Waals surface area contributed by atoms with Gasteiger partial charge in [0.25, 0.3) is 0 Å². The van der Waals surface area contributed by atoms with E-state index in [-0.39, 0.29) is 10.2 Å². The van der Waals surface area contributed by atoms with E-state index in [0.717, 1.165) is 6.07 Å². The van der Waals surface area contributed by atoms with Crippen molar-refractivity contribution in [1.29, 1.82) is 0 Å². The number of benzene rings is 1. The molecule has 1 amide bonds. The van der Waals surface area contributed by atoms with Crippen LogP contribution in [0.3, 0.4) is 0 Å². The van der Waals surface area contributed by atoms with Crippen molar-refractivity contribution in [3.8, 4) is 0 Å². The molecular formula is C10H8BrF4NO. The molecule has 0 aliphatic rings. The SMILES string of the molecule is Cc1cc(Br)c(F)cc1NC(=O)CC(F)(F)F. The maximum absolute atomic E-state index is 13.1. The molecule has 1 rings (SSSR count). The molecule has 0 aliphatic heterocycles. The standard InChI is InChI=1S/C10H8BrF4NO/c1-5-2-6(11)7(12)3-8(5)16-9(17)4-10(13,14)15/h2-3H,4H2,1H3,(H,16,17). The Morgan fingerprint density at radius 3 is 2.53 bits per heavy atom. The van der Waals surface area contributed by atoms with E-state index in [4.69, 9.17) is 0 Å². The number of nitrogens with one attached hydrogen (secondary N) is 1. The minimum Gasteiger partial charge on any atom is -0.325 e. The summed E-state index contributed by atoms with van der Waals surface area (Å²) in [5.41, 5.74) is 0.494. The molecule has 0 fully saturated rings. The molecule has 17 heavy (non-hydrogen) atoms. The van der Waals surface area contributed by atoms with Crippen molar-refractivity contribution in [2.75, 3.05) is 5.32 Å². The predicted molar refractivity (Wildman–Crippen MR) is 58.1 cm³/mol. The largest absolute Gasteiger partial charge is 0.397 e. The first-order valence-corrected chi connectivity index (χ1v) is 5.30. The number of alkyl halides is 3. The molecule has 0 bridgehead atoms. The van der Waals surface area contributed by atoms with Crippen LogP contribution >= 0.6 is 15.9 Å². The van der Waals surface area contributed by atoms with Gasteiger partial charge in [0.1, 0.15) is 12.2 Å². The predicted octanol–water partition coefficient (Wildman–Crippen LogP) is 3.79. The summed E-state index contributed by atoms with van der Waals surface area (Å²) in [6.45, 7) is 1.55. The van der Waals surface area contributed by atoms with Crippen molar-refractivity contribution in [3.05, 3.63) is 28.0 Å². The number of anilines is 1. The highest BCUT2D eigenvalue weighted by Crippen LogP contribution is 2.25. The lowest BCUT2D eigenvalue weighted by Crippen LogP contribution is -2.21. The van der Waals surface area contributed by atoms with Gasteiger partial charge in [-0.1, -0.05) is 0 Å². The summed E-state index contributed by atoms with van der Waals surface area (Å²) in [6, 6.07) is 2.34. The van der Waals surface area contributed by atoms with Crippen molar-refractivity contribution in [2.24, 2.45) is 0 Å². The van der Waals surface area contributed by atoms with Crippen LogP contribution in [0.1, 0.15) is 12.0 Å². The Balaban J connectivity index is 2.82. The number of halogens is 5. The fraction of sp³-hybridized carbons (Fsp3) is 0.300. The molecule has 0 aliphatic carbocycles. The normalized spacial score (nSPS) is 11.4. The fourth-order valence-corrected chi connectivity index (χ4v) is 1.62. The van der Waals surface area contributed by atoms with Gasteiger partial charge in [-0.25, -0.2) is 4.39 Å². The average molecular weight is 314 g/mol. The summed E-state index contributed by atoms with van der Waals surface area (Å²) < 4.78 is 49.0. The third kappa shape index (κ3) is 4.33. The highest BCUT2D eigenvalue weighted by atomic mass is 79.9. The number of hydrogen-bond donors (Lipinski definition) is 1. The smallest absolute Gasteiger partial charge is 0.325 e. The van der Waals surface area contributed by atoms with Gasteiger partial charge in [-0.3, -0.25) is 4.79 Å². The minimum atomic E-state index is -4.58. The third-order valence-corrected chi connectivity index (χ3v) is 2.51. The second-order valence-electron chi connectivity index (χ2n) is 3.42. The second kappa shape index (κ2) is 5.03. The van der Waals surface area contributed by atoms with E-state index < -0.39 is 24.3 Å². The molecule has 0 aromatic heterocycles. The maximum Gasteiger partial charge on any atom is 0.397 e. The van der Waals surface area contributed by atoms with Crippen molar-refractivity contribution < 1.29 is 22.4 Å². The van der Waals surface area contributed by atoms with Crippen molar-refractivity contribution in [1.82, 2.24) is 0 Å². The Bertz CT molecular complexity index is 445. The Morgan fingerprint density at radius 2 is 2.00 bits per heavy atom. The Hall–Kier alpha value is -1.11. The van der Waals surface area contributed by atoms with Gasteiger partial charge in [0.15, 0.2) is 0 Å². The number of aryl methyl sites for hydroxylation is 1. The molecular weight excluding hydrogens is 306 g/mol. The summed E-state index contributed by atoms with van der Waals surface area (Å²) in [5, 5.41) is 2.02. The van der Waals surface area contributed by atoms with E-state index in [1.165, 1.54) is 6.07 Å². The molecule has 7 heteroatoms. The molecule has 0 atom stereocenters. The minimum absolute atomic E-state index is 0.0277. The number of carbonyl (C=O) groups excluding carboxylic acids is 1. The fourth-order valence-electron chi connectivity index (χ4n) is 1.16. The van der Waals surface area contributed by atoms with Gasteiger partial charge < -0.3 is 5.32 Å². The van der Waals surface area contributed by atoms with E-state index in [9.17, 15) is 22.4 Å². The summed E-state index contributed by atoms with van der Waals surface area (Å²) >= 11 is 2.93. The topological polar surface area (TPSA) is 29.1 Å². The first kappa shape index (κ1) is 14.0. The quantitative estimate of drug-likeness (QED) is 0.827. The van der Waals surface area contributed by atoms with Crippen LogP contribution in [0.2, 0.25) is 0 Å². The van der Waals surface area contributed by atoms with Gasteiger partial charge in [0, 0.05) is 5.69 Å². The zero-order valence-electron chi connectivity index (χ0n) is 8.66. The van der Waals surface area contributed by atoms with Gasteiger partial charge in [0.2, 0.25) is 5.91 Å². The van der Waals surface area contributed by atoms with E-state index in [1.54, 1.807) is 6.92 Å². The second-order valence-corrected chi connectivity index (χ2v) is 4.28. The molecule has 0 heterocycles. The molecule has 0 spiro atoms. The zero-order chi connectivity index (χ0) is 13.2. The monoisotopic (exact) mass is 313 g/mol. The molecule has 0 unspecified atom stereocenters. The lowest BCUT2D eigenvalue weighted by atomic mass is 10.2. The van der Waals surface area contributed by atoms with Crippen molar-refractivity contribution in [3.63, 3.8) is 0 Å². The van der Waals surface area contributed by atoms with Crippen LogP contribution in [0.25, 0.3) is 0 Å². The zero-order valence-corrected chi connectivity index (χ0v) is 10.2. The molecule has 1 N–H and O–H groups in total. The lowest BCUT2D eigenvalue weighted by molar-refractivity contribution is -0.150. The Labute approximate surface area is 103 Å². The molecule has 2 nitrogen and oxygen atoms in total. The van der Waals surface area contributed by atoms with Crippen molar-refractivity contribution >= 4 is 27.5 Å². The van der Waals surface area contributed by atoms with Crippen LogP contribution < -0.4 is 5.32 Å². The highest BCUT2D eigenvalue weighted by Gasteiger charge is 2.31. The van der Waals surface area contributed by atoms with Crippen molar-refractivity contribution in [2.45, 2.75) is 19.5 Å². The first-order valence-electron chi connectivity index (χ1n) is 4.51. The Morgan fingerprint density at radius 1 is 1.41 bits per heavy atom. The summed E-state index contributed by atoms with van der Waals surface area (Å²) in [4.78, 5) is 11.0. The summed E-state index contributed by atoms with van der Waals surface area (Å²) in [5.74, 6) is -1.87. The van der Waals surface area contributed by atoms with Gasteiger partial charge in [0.05, 0.1) is 4.47 Å². The summed E-state index contributed by atoms with van der Waals surface area (Å²) in [6.07, 6.45) is -6.17. The lowest BCUT2D eigenvalue weighted by Gasteiger charge is -2.10. The van der Waals surface area contributed by atoms with Crippen LogP contribution in [0.15, 0.2) is 16.6 Å². The molecule has 1 aromatic rings. The number of hydrogen-bond acceptors (Lipinski definition) is 1. The van der Waals surface area contributed by atoms with E-state index in [2.05, 4.69) is 15.9 Å². The number of rotatable bonds is 2. The van der Waals surface area contributed by atoms with E-state index in [0.29, 0.717) is 5.56 Å². The molecule has 94 valence electrons. The summed E-state index contributed by atoms with van der Waals surface area (Å²) in [7, 11) is 0. The third-order valence-electron chi connectivity index (χ3n) is 1.90. The first-order chi connectivity index (χ1) is 7.69. The number of carbonyl (C=O) groups is 1. The van der Waals surface area contributed by atoms with Crippen LogP contribution in [0.4, 0.5) is 23.2 Å². The molecule has 0 saturated heterocycles. The highest BCUT2D eigenvalue weighted by molar-refractivity contribution is 9.10. The van der Waals surface area contributed by atoms with Crippen LogP contribution in [-0.2, 0) is 4.79 Å². The van der Waals surface area contributed by atoms with Gasteiger partial charge >= 0.3 is 6.18 Å². The van der Waals surface area contributed by atoms with E-state index >= 15 is 0 Å². The average Bonchev–Trinajstić information content (AvgIpc) is 2.11. The molecule has 0 radical (unpaired) electrons.